The molecule has 0 bridgehead atoms. The second-order valence-corrected chi connectivity index (χ2v) is 2.62. The molecule has 0 aromatic carbocycles. The summed E-state index contributed by atoms with van der Waals surface area (Å²) in [5.41, 5.74) is 0. The van der Waals surface area contributed by atoms with E-state index < -0.39 is 0 Å². The highest BCUT2D eigenvalue weighted by Gasteiger charge is 2.31. The summed E-state index contributed by atoms with van der Waals surface area (Å²) in [6, 6.07) is 0. The molecule has 0 aromatic heterocycles. The van der Waals surface area contributed by atoms with Crippen LogP contribution in [0, 0.1) is 5.92 Å². The zero-order valence-corrected chi connectivity index (χ0v) is 4.89. The predicted octanol–water partition coefficient (Wildman–Crippen LogP) is -0.00530. The number of nitrogens with one attached hydrogen (secondary N) is 1. The molecule has 2 heterocycles. The second kappa shape index (κ2) is 1.71. The molecule has 0 aromatic rings. The Morgan fingerprint density at radius 2 is 2.12 bits per heavy atom. The van der Waals surface area contributed by atoms with Crippen molar-refractivity contribution in [2.45, 2.75) is 12.5 Å². The SMILES string of the molecule is C1CC(C2CNC2)O1. The molecule has 1 unspecified atom stereocenters. The molecule has 2 fully saturated rings. The van der Waals surface area contributed by atoms with Gasteiger partial charge in [-0.2, -0.15) is 0 Å². The molecule has 0 radical (unpaired) electrons. The summed E-state index contributed by atoms with van der Waals surface area (Å²) < 4.78 is 5.29. The Balaban J connectivity index is 1.79. The van der Waals surface area contributed by atoms with E-state index in [4.69, 9.17) is 4.74 Å². The maximum Gasteiger partial charge on any atom is 0.0649 e. The average Bonchev–Trinajstić information content (AvgIpc) is 1.47. The monoisotopic (exact) mass is 113 g/mol. The first kappa shape index (κ1) is 4.77. The molecule has 2 aliphatic heterocycles. The van der Waals surface area contributed by atoms with Crippen molar-refractivity contribution in [1.29, 1.82) is 0 Å². The largest absolute Gasteiger partial charge is 0.378 e. The first-order valence-corrected chi connectivity index (χ1v) is 3.29. The molecule has 46 valence electrons. The maximum absolute atomic E-state index is 5.29. The molecule has 2 saturated heterocycles. The summed E-state index contributed by atoms with van der Waals surface area (Å²) in [4.78, 5) is 0. The van der Waals surface area contributed by atoms with Gasteiger partial charge in [0.2, 0.25) is 0 Å². The quantitative estimate of drug-likeness (QED) is 0.516. The van der Waals surface area contributed by atoms with Crippen LogP contribution in [0.15, 0.2) is 0 Å². The second-order valence-electron chi connectivity index (χ2n) is 2.62. The summed E-state index contributed by atoms with van der Waals surface area (Å²) >= 11 is 0. The summed E-state index contributed by atoms with van der Waals surface area (Å²) in [7, 11) is 0. The van der Waals surface area contributed by atoms with Crippen molar-refractivity contribution >= 4 is 0 Å². The maximum atomic E-state index is 5.29. The van der Waals surface area contributed by atoms with Crippen molar-refractivity contribution in [2.24, 2.45) is 5.92 Å². The van der Waals surface area contributed by atoms with Gasteiger partial charge in [0, 0.05) is 25.6 Å². The van der Waals surface area contributed by atoms with Crippen LogP contribution in [0.4, 0.5) is 0 Å². The van der Waals surface area contributed by atoms with Crippen LogP contribution >= 0.6 is 0 Å². The lowest BCUT2D eigenvalue weighted by molar-refractivity contribution is -0.0955. The van der Waals surface area contributed by atoms with Gasteiger partial charge in [-0.05, 0) is 6.42 Å². The van der Waals surface area contributed by atoms with Crippen LogP contribution in [-0.2, 0) is 4.74 Å². The van der Waals surface area contributed by atoms with E-state index in [1.54, 1.807) is 0 Å². The Labute approximate surface area is 49.2 Å². The summed E-state index contributed by atoms with van der Waals surface area (Å²) in [5, 5.41) is 3.23. The van der Waals surface area contributed by atoms with E-state index in [2.05, 4.69) is 5.32 Å². The third-order valence-electron chi connectivity index (χ3n) is 2.07. The van der Waals surface area contributed by atoms with Gasteiger partial charge in [0.1, 0.15) is 0 Å². The van der Waals surface area contributed by atoms with Crippen molar-refractivity contribution in [1.82, 2.24) is 5.32 Å². The van der Waals surface area contributed by atoms with Crippen molar-refractivity contribution in [2.75, 3.05) is 19.7 Å². The fourth-order valence-electron chi connectivity index (χ4n) is 1.20. The molecule has 2 aliphatic rings. The lowest BCUT2D eigenvalue weighted by Crippen LogP contribution is -2.52. The minimum absolute atomic E-state index is 0.622. The highest BCUT2D eigenvalue weighted by molar-refractivity contribution is 4.85. The minimum Gasteiger partial charge on any atom is -0.378 e. The lowest BCUT2D eigenvalue weighted by Gasteiger charge is -2.39. The molecule has 8 heavy (non-hydrogen) atoms. The number of ether oxygens (including phenoxy) is 1. The van der Waals surface area contributed by atoms with E-state index in [9.17, 15) is 0 Å². The van der Waals surface area contributed by atoms with E-state index in [0.717, 1.165) is 12.5 Å². The van der Waals surface area contributed by atoms with Crippen LogP contribution in [0.2, 0.25) is 0 Å². The van der Waals surface area contributed by atoms with E-state index in [0.29, 0.717) is 6.10 Å². The first-order valence-electron chi connectivity index (χ1n) is 3.29. The number of hydrogen-bond acceptors (Lipinski definition) is 2. The Bertz CT molecular complexity index is 74.5. The fraction of sp³-hybridized carbons (Fsp3) is 1.00. The molecule has 0 amide bonds. The van der Waals surface area contributed by atoms with Crippen molar-refractivity contribution in [3.63, 3.8) is 0 Å². The summed E-state index contributed by atoms with van der Waals surface area (Å²) in [5.74, 6) is 0.851. The molecule has 0 aliphatic carbocycles. The van der Waals surface area contributed by atoms with Gasteiger partial charge in [0.15, 0.2) is 0 Å². The normalized spacial score (nSPS) is 38.2. The van der Waals surface area contributed by atoms with Crippen molar-refractivity contribution in [3.05, 3.63) is 0 Å². The van der Waals surface area contributed by atoms with Gasteiger partial charge in [0.25, 0.3) is 0 Å². The van der Waals surface area contributed by atoms with Gasteiger partial charge >= 0.3 is 0 Å². The first-order chi connectivity index (χ1) is 3.97. The Morgan fingerprint density at radius 3 is 2.25 bits per heavy atom. The van der Waals surface area contributed by atoms with E-state index >= 15 is 0 Å². The van der Waals surface area contributed by atoms with Crippen LogP contribution in [-0.4, -0.2) is 25.8 Å². The number of rotatable bonds is 1. The zero-order chi connectivity index (χ0) is 5.40. The van der Waals surface area contributed by atoms with Crippen LogP contribution in [0.5, 0.6) is 0 Å². The van der Waals surface area contributed by atoms with E-state index in [1.807, 2.05) is 0 Å². The van der Waals surface area contributed by atoms with Gasteiger partial charge in [-0.15, -0.1) is 0 Å². The van der Waals surface area contributed by atoms with Gasteiger partial charge in [-0.3, -0.25) is 0 Å². The van der Waals surface area contributed by atoms with Crippen LogP contribution in [0.25, 0.3) is 0 Å². The molecule has 2 heteroatoms. The van der Waals surface area contributed by atoms with Crippen molar-refractivity contribution < 1.29 is 4.74 Å². The minimum atomic E-state index is 0.622. The van der Waals surface area contributed by atoms with Crippen LogP contribution in [0.3, 0.4) is 0 Å². The Morgan fingerprint density at radius 1 is 1.38 bits per heavy atom. The molecule has 2 nitrogen and oxygen atoms in total. The van der Waals surface area contributed by atoms with E-state index in [1.165, 1.54) is 19.5 Å². The van der Waals surface area contributed by atoms with Gasteiger partial charge in [-0.25, -0.2) is 0 Å². The Kier molecular flexibility index (Phi) is 1.02. The molecular weight excluding hydrogens is 102 g/mol. The topological polar surface area (TPSA) is 21.3 Å². The zero-order valence-electron chi connectivity index (χ0n) is 4.89. The molecule has 1 N–H and O–H groups in total. The van der Waals surface area contributed by atoms with E-state index in [-0.39, 0.29) is 0 Å². The Hall–Kier alpha value is -0.0800. The highest BCUT2D eigenvalue weighted by atomic mass is 16.5. The van der Waals surface area contributed by atoms with Crippen molar-refractivity contribution in [3.8, 4) is 0 Å². The third kappa shape index (κ3) is 0.565. The molecule has 0 spiro atoms. The van der Waals surface area contributed by atoms with Crippen LogP contribution in [0.1, 0.15) is 6.42 Å². The van der Waals surface area contributed by atoms with Crippen LogP contribution < -0.4 is 5.32 Å². The smallest absolute Gasteiger partial charge is 0.0649 e. The molecular formula is C6H11NO. The highest BCUT2D eigenvalue weighted by Crippen LogP contribution is 2.22. The summed E-state index contributed by atoms with van der Waals surface area (Å²) in [6.07, 6.45) is 1.92. The molecule has 2 rings (SSSR count). The van der Waals surface area contributed by atoms with Gasteiger partial charge in [0.05, 0.1) is 6.10 Å². The lowest BCUT2D eigenvalue weighted by atomic mass is 9.92. The van der Waals surface area contributed by atoms with Gasteiger partial charge < -0.3 is 10.1 Å². The molecule has 1 atom stereocenters. The fourth-order valence-corrected chi connectivity index (χ4v) is 1.20. The number of hydrogen-bond donors (Lipinski definition) is 1. The predicted molar refractivity (Wildman–Crippen MR) is 30.7 cm³/mol. The summed E-state index contributed by atoms with van der Waals surface area (Å²) in [6.45, 7) is 3.37. The third-order valence-corrected chi connectivity index (χ3v) is 2.07. The standard InChI is InChI=1S/C6H11NO/c1-2-8-6(1)5-3-7-4-5/h5-7H,1-4H2. The van der Waals surface area contributed by atoms with Gasteiger partial charge in [-0.1, -0.05) is 0 Å². The average molecular weight is 113 g/mol. The molecule has 0 saturated carbocycles.